The Morgan fingerprint density at radius 2 is 1.83 bits per heavy atom. The fourth-order valence-corrected chi connectivity index (χ4v) is 3.84. The van der Waals surface area contributed by atoms with Gasteiger partial charge in [-0.15, -0.1) is 11.8 Å². The molecule has 1 aliphatic heterocycles. The SMILES string of the molecule is C/C=C(/NNC(=O)c1ccc2c(c1)NC(=O)[C@@H](NC(=O)OC(C)(C)C)CS2)C(F)(OC)C(F)(F)F. The number of amides is 3. The van der Waals surface area contributed by atoms with Crippen molar-refractivity contribution in [3.63, 3.8) is 0 Å². The predicted octanol–water partition coefficient (Wildman–Crippen LogP) is 3.64. The number of halogens is 4. The maximum Gasteiger partial charge on any atom is 0.454 e. The summed E-state index contributed by atoms with van der Waals surface area (Å²) in [7, 11) is 0.540. The summed E-state index contributed by atoms with van der Waals surface area (Å²) in [4.78, 5) is 37.7. The van der Waals surface area contributed by atoms with Crippen LogP contribution in [-0.4, -0.2) is 54.4 Å². The molecule has 0 saturated heterocycles. The van der Waals surface area contributed by atoms with E-state index >= 15 is 0 Å². The number of hydrazine groups is 1. The Labute approximate surface area is 203 Å². The van der Waals surface area contributed by atoms with Crippen molar-refractivity contribution >= 4 is 35.4 Å². The van der Waals surface area contributed by atoms with Crippen molar-refractivity contribution in [3.05, 3.63) is 35.5 Å². The number of allylic oxidation sites excluding steroid dienone is 1. The number of thioether (sulfide) groups is 1. The highest BCUT2D eigenvalue weighted by atomic mass is 32.2. The van der Waals surface area contributed by atoms with Crippen molar-refractivity contribution in [3.8, 4) is 0 Å². The zero-order valence-electron chi connectivity index (χ0n) is 19.6. The second-order valence-electron chi connectivity index (χ2n) is 8.29. The lowest BCUT2D eigenvalue weighted by Gasteiger charge is -2.29. The first-order valence-electron chi connectivity index (χ1n) is 10.2. The Bertz CT molecular complexity index is 1010. The molecular weight excluding hydrogens is 496 g/mol. The van der Waals surface area contributed by atoms with Crippen molar-refractivity contribution in [2.45, 2.75) is 56.3 Å². The number of alkyl halides is 4. The van der Waals surface area contributed by atoms with Gasteiger partial charge < -0.3 is 20.1 Å². The number of anilines is 1. The number of fused-ring (bicyclic) bond motifs is 1. The number of hydrogen-bond donors (Lipinski definition) is 4. The Morgan fingerprint density at radius 1 is 1.17 bits per heavy atom. The lowest BCUT2D eigenvalue weighted by atomic mass is 10.1. The molecule has 2 atom stereocenters. The van der Waals surface area contributed by atoms with Crippen LogP contribution < -0.4 is 21.5 Å². The minimum absolute atomic E-state index is 0.0416. The molecule has 1 aromatic carbocycles. The van der Waals surface area contributed by atoms with Crippen molar-refractivity contribution in [2.75, 3.05) is 18.2 Å². The van der Waals surface area contributed by atoms with E-state index in [-0.39, 0.29) is 17.0 Å². The number of hydrogen-bond acceptors (Lipinski definition) is 7. The van der Waals surface area contributed by atoms with E-state index in [1.165, 1.54) is 30.0 Å². The summed E-state index contributed by atoms with van der Waals surface area (Å²) in [5, 5.41) is 5.07. The number of ether oxygens (including phenoxy) is 2. The molecule has 2 rings (SSSR count). The van der Waals surface area contributed by atoms with Gasteiger partial charge in [0.25, 0.3) is 5.91 Å². The molecule has 1 aromatic rings. The van der Waals surface area contributed by atoms with E-state index in [9.17, 15) is 31.9 Å². The predicted molar refractivity (Wildman–Crippen MR) is 120 cm³/mol. The van der Waals surface area contributed by atoms with Crippen LogP contribution in [0.1, 0.15) is 38.1 Å². The van der Waals surface area contributed by atoms with E-state index in [0.717, 1.165) is 13.0 Å². The van der Waals surface area contributed by atoms with Crippen LogP contribution in [0.2, 0.25) is 0 Å². The van der Waals surface area contributed by atoms with Gasteiger partial charge in [-0.05, 0) is 45.9 Å². The third-order valence-corrected chi connectivity index (χ3v) is 5.67. The van der Waals surface area contributed by atoms with Gasteiger partial charge in [0.05, 0.1) is 5.69 Å². The van der Waals surface area contributed by atoms with Crippen LogP contribution in [0.25, 0.3) is 0 Å². The number of carbonyl (C=O) groups excluding carboxylic acids is 3. The largest absolute Gasteiger partial charge is 0.454 e. The summed E-state index contributed by atoms with van der Waals surface area (Å²) < 4.78 is 62.7. The van der Waals surface area contributed by atoms with Crippen LogP contribution >= 0.6 is 11.8 Å². The average molecular weight is 523 g/mol. The molecule has 1 aliphatic rings. The van der Waals surface area contributed by atoms with Gasteiger partial charge in [0.2, 0.25) is 5.91 Å². The van der Waals surface area contributed by atoms with Crippen LogP contribution in [0.3, 0.4) is 0 Å². The molecule has 0 bridgehead atoms. The lowest BCUT2D eigenvalue weighted by Crippen LogP contribution is -2.52. The fraction of sp³-hybridized carbons (Fsp3) is 0.476. The summed E-state index contributed by atoms with van der Waals surface area (Å²) in [6.07, 6.45) is -5.41. The number of alkyl carbamates (subject to hydrolysis) is 1. The smallest absolute Gasteiger partial charge is 0.444 e. The van der Waals surface area contributed by atoms with E-state index in [0.29, 0.717) is 12.0 Å². The molecule has 35 heavy (non-hydrogen) atoms. The van der Waals surface area contributed by atoms with E-state index in [1.54, 1.807) is 20.8 Å². The van der Waals surface area contributed by atoms with Crippen LogP contribution in [0.5, 0.6) is 0 Å². The van der Waals surface area contributed by atoms with Crippen LogP contribution in [0, 0.1) is 0 Å². The molecule has 0 fully saturated rings. The average Bonchev–Trinajstić information content (AvgIpc) is 2.89. The van der Waals surface area contributed by atoms with Gasteiger partial charge in [0, 0.05) is 23.3 Å². The topological polar surface area (TPSA) is 118 Å². The molecule has 0 saturated carbocycles. The monoisotopic (exact) mass is 522 g/mol. The zero-order valence-corrected chi connectivity index (χ0v) is 20.4. The summed E-state index contributed by atoms with van der Waals surface area (Å²) in [5.74, 6) is -5.44. The number of carbonyl (C=O) groups is 3. The zero-order chi connectivity index (χ0) is 26.6. The summed E-state index contributed by atoms with van der Waals surface area (Å²) in [5.41, 5.74) is 2.26. The van der Waals surface area contributed by atoms with Crippen molar-refractivity contribution in [1.29, 1.82) is 0 Å². The molecule has 4 N–H and O–H groups in total. The van der Waals surface area contributed by atoms with Gasteiger partial charge in [-0.3, -0.25) is 20.4 Å². The maximum atomic E-state index is 14.4. The Kier molecular flexibility index (Phi) is 8.65. The number of benzene rings is 1. The Balaban J connectivity index is 2.11. The molecule has 1 heterocycles. The van der Waals surface area contributed by atoms with Crippen molar-refractivity contribution in [1.82, 2.24) is 16.2 Å². The Hall–Kier alpha value is -3.00. The molecule has 0 aromatic heterocycles. The third kappa shape index (κ3) is 7.01. The molecular formula is C21H26F4N4O5S. The summed E-state index contributed by atoms with van der Waals surface area (Å²) in [6.45, 7) is 6.16. The van der Waals surface area contributed by atoms with Crippen LogP contribution in [-0.2, 0) is 14.3 Å². The highest BCUT2D eigenvalue weighted by molar-refractivity contribution is 7.99. The van der Waals surface area contributed by atoms with Gasteiger partial charge in [-0.1, -0.05) is 6.08 Å². The molecule has 1 unspecified atom stereocenters. The van der Waals surface area contributed by atoms with Gasteiger partial charge >= 0.3 is 18.1 Å². The first-order valence-corrected chi connectivity index (χ1v) is 11.2. The standard InChI is InChI=1S/C21H26F4N4O5S/c1-6-15(20(22,33-5)21(23,24)25)28-29-16(30)11-7-8-14-12(9-11)26-17(31)13(10-35-14)27-18(32)34-19(2,3)4/h6-9,13,28H,10H2,1-5H3,(H,26,31)(H,27,32)(H,29,30)/b15-6+/t13-,20?/m0/s1. The van der Waals surface area contributed by atoms with E-state index in [2.05, 4.69) is 15.4 Å². The first kappa shape index (κ1) is 28.2. The highest BCUT2D eigenvalue weighted by Crippen LogP contribution is 2.39. The summed E-state index contributed by atoms with van der Waals surface area (Å²) in [6, 6.07) is 3.26. The van der Waals surface area contributed by atoms with Crippen LogP contribution in [0.4, 0.5) is 28.0 Å². The molecule has 14 heteroatoms. The van der Waals surface area contributed by atoms with E-state index in [1.807, 2.05) is 10.9 Å². The quantitative estimate of drug-likeness (QED) is 0.333. The number of methoxy groups -OCH3 is 1. The first-order chi connectivity index (χ1) is 16.1. The lowest BCUT2D eigenvalue weighted by molar-refractivity contribution is -0.308. The molecule has 0 spiro atoms. The van der Waals surface area contributed by atoms with Crippen LogP contribution in [0.15, 0.2) is 34.9 Å². The third-order valence-electron chi connectivity index (χ3n) is 4.50. The molecule has 194 valence electrons. The van der Waals surface area contributed by atoms with Crippen molar-refractivity contribution < 1.29 is 41.4 Å². The van der Waals surface area contributed by atoms with Crippen molar-refractivity contribution in [2.24, 2.45) is 0 Å². The second kappa shape index (κ2) is 10.7. The summed E-state index contributed by atoms with van der Waals surface area (Å²) >= 11 is 1.23. The molecule has 0 aliphatic carbocycles. The van der Waals surface area contributed by atoms with Gasteiger partial charge in [0.1, 0.15) is 17.3 Å². The molecule has 0 radical (unpaired) electrons. The highest BCUT2D eigenvalue weighted by Gasteiger charge is 2.60. The van der Waals surface area contributed by atoms with E-state index < -0.39 is 47.3 Å². The second-order valence-corrected chi connectivity index (χ2v) is 9.35. The fourth-order valence-electron chi connectivity index (χ4n) is 2.83. The molecule has 9 nitrogen and oxygen atoms in total. The minimum Gasteiger partial charge on any atom is -0.444 e. The Morgan fingerprint density at radius 3 is 2.37 bits per heavy atom. The maximum absolute atomic E-state index is 14.4. The number of rotatable bonds is 6. The van der Waals surface area contributed by atoms with Gasteiger partial charge in [0.15, 0.2) is 0 Å². The van der Waals surface area contributed by atoms with Gasteiger partial charge in [-0.2, -0.15) is 17.6 Å². The number of nitrogens with one attached hydrogen (secondary N) is 4. The van der Waals surface area contributed by atoms with E-state index in [4.69, 9.17) is 4.74 Å². The minimum atomic E-state index is -5.41. The molecule has 3 amide bonds. The van der Waals surface area contributed by atoms with Gasteiger partial charge in [-0.25, -0.2) is 4.79 Å². The normalized spacial score (nSPS) is 18.4.